The van der Waals surface area contributed by atoms with Crippen molar-refractivity contribution in [1.29, 1.82) is 0 Å². The molecule has 1 aromatic rings. The van der Waals surface area contributed by atoms with Gasteiger partial charge < -0.3 is 15.3 Å². The largest absolute Gasteiger partial charge is 0.477 e. The number of rotatable bonds is 7. The minimum Gasteiger partial charge on any atom is -0.477 e. The topological polar surface area (TPSA) is 65.5 Å². The highest BCUT2D eigenvalue weighted by Crippen LogP contribution is 2.17. The van der Waals surface area contributed by atoms with E-state index >= 15 is 0 Å². The number of thiazole rings is 1. The van der Waals surface area contributed by atoms with Gasteiger partial charge in [0.15, 0.2) is 5.13 Å². The summed E-state index contributed by atoms with van der Waals surface area (Å²) in [5.41, 5.74) is 0. The molecule has 5 nitrogen and oxygen atoms in total. The Labute approximate surface area is 99.1 Å². The maximum Gasteiger partial charge on any atom is 0.347 e. The summed E-state index contributed by atoms with van der Waals surface area (Å²) in [5, 5.41) is 12.5. The lowest BCUT2D eigenvalue weighted by Crippen LogP contribution is -2.28. The van der Waals surface area contributed by atoms with Gasteiger partial charge in [0.25, 0.3) is 0 Å². The van der Waals surface area contributed by atoms with E-state index in [1.807, 2.05) is 0 Å². The zero-order chi connectivity index (χ0) is 12.0. The Kier molecular flexibility index (Phi) is 5.21. The number of carboxylic acids is 1. The van der Waals surface area contributed by atoms with E-state index in [-0.39, 0.29) is 4.88 Å². The molecule has 16 heavy (non-hydrogen) atoms. The second kappa shape index (κ2) is 6.44. The van der Waals surface area contributed by atoms with Gasteiger partial charge in [-0.1, -0.05) is 25.2 Å². The summed E-state index contributed by atoms with van der Waals surface area (Å²) in [6.07, 6.45) is 1.38. The summed E-state index contributed by atoms with van der Waals surface area (Å²) in [6.45, 7) is 8.01. The zero-order valence-electron chi connectivity index (χ0n) is 9.56. The van der Waals surface area contributed by atoms with E-state index < -0.39 is 5.97 Å². The molecule has 1 rings (SSSR count). The predicted octanol–water partition coefficient (Wildman–Crippen LogP) is 1.59. The number of carbonyl (C=O) groups is 1. The summed E-state index contributed by atoms with van der Waals surface area (Å²) >= 11 is 1.17. The number of carboxylic acid groups (broad SMARTS) is 1. The first-order valence-corrected chi connectivity index (χ1v) is 6.14. The molecule has 0 unspecified atom stereocenters. The van der Waals surface area contributed by atoms with Gasteiger partial charge in [0.2, 0.25) is 0 Å². The standard InChI is InChI=1S/C10H17N3O2S/c1-3-13(4-2)6-5-11-10-12-7-8(16-10)9(14)15/h7H,3-6H2,1-2H3,(H,11,12)(H,14,15). The molecule has 0 aliphatic rings. The van der Waals surface area contributed by atoms with E-state index in [4.69, 9.17) is 5.11 Å². The van der Waals surface area contributed by atoms with Gasteiger partial charge in [0.1, 0.15) is 4.88 Å². The van der Waals surface area contributed by atoms with Crippen LogP contribution in [-0.4, -0.2) is 47.1 Å². The Morgan fingerprint density at radius 3 is 2.75 bits per heavy atom. The van der Waals surface area contributed by atoms with Gasteiger partial charge in [-0.3, -0.25) is 0 Å². The van der Waals surface area contributed by atoms with Gasteiger partial charge in [-0.2, -0.15) is 0 Å². The van der Waals surface area contributed by atoms with Crippen LogP contribution < -0.4 is 5.32 Å². The molecule has 0 saturated heterocycles. The van der Waals surface area contributed by atoms with E-state index in [0.717, 1.165) is 26.2 Å². The van der Waals surface area contributed by atoms with Gasteiger partial charge in [-0.25, -0.2) is 9.78 Å². The highest BCUT2D eigenvalue weighted by Gasteiger charge is 2.07. The molecule has 0 aromatic carbocycles. The molecule has 90 valence electrons. The van der Waals surface area contributed by atoms with Crippen LogP contribution in [0.2, 0.25) is 0 Å². The summed E-state index contributed by atoms with van der Waals surface area (Å²) in [7, 11) is 0. The second-order valence-corrected chi connectivity index (χ2v) is 4.32. The fraction of sp³-hybridized carbons (Fsp3) is 0.600. The number of aromatic carboxylic acids is 1. The van der Waals surface area contributed by atoms with Gasteiger partial charge in [0, 0.05) is 13.1 Å². The molecule has 0 atom stereocenters. The van der Waals surface area contributed by atoms with Crippen molar-refractivity contribution in [2.24, 2.45) is 0 Å². The van der Waals surface area contributed by atoms with Crippen molar-refractivity contribution >= 4 is 22.4 Å². The molecule has 0 amide bonds. The lowest BCUT2D eigenvalue weighted by Gasteiger charge is -2.17. The Balaban J connectivity index is 2.34. The third-order valence-electron chi connectivity index (χ3n) is 2.32. The Bertz CT molecular complexity index is 337. The minimum absolute atomic E-state index is 0.269. The van der Waals surface area contributed by atoms with Crippen LogP contribution in [0.25, 0.3) is 0 Å². The van der Waals surface area contributed by atoms with Crippen molar-refractivity contribution in [3.63, 3.8) is 0 Å². The summed E-state index contributed by atoms with van der Waals surface area (Å²) in [6, 6.07) is 0. The molecule has 2 N–H and O–H groups in total. The fourth-order valence-electron chi connectivity index (χ4n) is 1.32. The van der Waals surface area contributed by atoms with Crippen molar-refractivity contribution < 1.29 is 9.90 Å². The molecule has 1 heterocycles. The summed E-state index contributed by atoms with van der Waals surface area (Å²) < 4.78 is 0. The molecule has 0 aliphatic carbocycles. The zero-order valence-corrected chi connectivity index (χ0v) is 10.4. The molecule has 1 aromatic heterocycles. The maximum atomic E-state index is 10.6. The molecule has 0 aliphatic heterocycles. The summed E-state index contributed by atoms with van der Waals surface area (Å²) in [4.78, 5) is 17.2. The number of anilines is 1. The quantitative estimate of drug-likeness (QED) is 0.761. The van der Waals surface area contributed by atoms with Crippen molar-refractivity contribution in [1.82, 2.24) is 9.88 Å². The van der Waals surface area contributed by atoms with Crippen molar-refractivity contribution in [2.45, 2.75) is 13.8 Å². The smallest absolute Gasteiger partial charge is 0.347 e. The number of nitrogens with zero attached hydrogens (tertiary/aromatic N) is 2. The first-order chi connectivity index (χ1) is 7.67. The normalized spacial score (nSPS) is 10.7. The summed E-state index contributed by atoms with van der Waals surface area (Å²) in [5.74, 6) is -0.922. The number of nitrogens with one attached hydrogen (secondary N) is 1. The van der Waals surface area contributed by atoms with E-state index in [2.05, 4.69) is 29.0 Å². The molecule has 0 spiro atoms. The molecular weight excluding hydrogens is 226 g/mol. The highest BCUT2D eigenvalue weighted by molar-refractivity contribution is 7.17. The van der Waals surface area contributed by atoms with Crippen LogP contribution in [0.1, 0.15) is 23.5 Å². The fourth-order valence-corrected chi connectivity index (χ4v) is 2.00. The lowest BCUT2D eigenvalue weighted by atomic mass is 10.5. The highest BCUT2D eigenvalue weighted by atomic mass is 32.1. The molecule has 0 radical (unpaired) electrons. The SMILES string of the molecule is CCN(CC)CCNc1ncc(C(=O)O)s1. The first kappa shape index (κ1) is 12.9. The maximum absolute atomic E-state index is 10.6. The van der Waals surface area contributed by atoms with Crippen LogP contribution >= 0.6 is 11.3 Å². The minimum atomic E-state index is -0.922. The van der Waals surface area contributed by atoms with E-state index in [9.17, 15) is 4.79 Å². The third kappa shape index (κ3) is 3.79. The number of hydrogen-bond donors (Lipinski definition) is 2. The lowest BCUT2D eigenvalue weighted by molar-refractivity contribution is 0.0702. The average molecular weight is 243 g/mol. The van der Waals surface area contributed by atoms with Gasteiger partial charge in [-0.15, -0.1) is 0 Å². The second-order valence-electron chi connectivity index (χ2n) is 3.29. The van der Waals surface area contributed by atoms with Crippen LogP contribution in [0.5, 0.6) is 0 Å². The van der Waals surface area contributed by atoms with Crippen LogP contribution in [0, 0.1) is 0 Å². The first-order valence-electron chi connectivity index (χ1n) is 5.32. The van der Waals surface area contributed by atoms with Crippen LogP contribution in [-0.2, 0) is 0 Å². The molecular formula is C10H17N3O2S. The third-order valence-corrected chi connectivity index (χ3v) is 3.26. The Morgan fingerprint density at radius 1 is 1.56 bits per heavy atom. The predicted molar refractivity (Wildman–Crippen MR) is 65.4 cm³/mol. The number of likely N-dealkylation sites (N-methyl/N-ethyl adjacent to an activating group) is 1. The average Bonchev–Trinajstić information content (AvgIpc) is 2.73. The molecule has 0 saturated carbocycles. The Hall–Kier alpha value is -1.14. The van der Waals surface area contributed by atoms with E-state index in [0.29, 0.717) is 5.13 Å². The van der Waals surface area contributed by atoms with Gasteiger partial charge >= 0.3 is 5.97 Å². The van der Waals surface area contributed by atoms with Crippen LogP contribution in [0.4, 0.5) is 5.13 Å². The molecule has 0 fully saturated rings. The van der Waals surface area contributed by atoms with Crippen LogP contribution in [0.3, 0.4) is 0 Å². The monoisotopic (exact) mass is 243 g/mol. The van der Waals surface area contributed by atoms with E-state index in [1.165, 1.54) is 17.5 Å². The van der Waals surface area contributed by atoms with Crippen molar-refractivity contribution in [3.05, 3.63) is 11.1 Å². The number of aromatic nitrogens is 1. The molecule has 0 bridgehead atoms. The van der Waals surface area contributed by atoms with Crippen LogP contribution in [0.15, 0.2) is 6.20 Å². The van der Waals surface area contributed by atoms with Crippen molar-refractivity contribution in [3.8, 4) is 0 Å². The van der Waals surface area contributed by atoms with Crippen molar-refractivity contribution in [2.75, 3.05) is 31.5 Å². The van der Waals surface area contributed by atoms with Gasteiger partial charge in [0.05, 0.1) is 6.20 Å². The molecule has 6 heteroatoms. The van der Waals surface area contributed by atoms with E-state index in [1.54, 1.807) is 0 Å². The van der Waals surface area contributed by atoms with Gasteiger partial charge in [-0.05, 0) is 13.1 Å². The number of hydrogen-bond acceptors (Lipinski definition) is 5. The Morgan fingerprint density at radius 2 is 2.25 bits per heavy atom.